The van der Waals surface area contributed by atoms with E-state index in [4.69, 9.17) is 0 Å². The van der Waals surface area contributed by atoms with Gasteiger partial charge in [0.15, 0.2) is 5.78 Å². The van der Waals surface area contributed by atoms with Crippen LogP contribution in [0.25, 0.3) is 6.08 Å². The van der Waals surface area contributed by atoms with E-state index in [-0.39, 0.29) is 11.6 Å². The Kier molecular flexibility index (Phi) is 2.95. The first-order valence-corrected chi connectivity index (χ1v) is 5.25. The van der Waals surface area contributed by atoms with E-state index in [9.17, 15) is 9.18 Å². The zero-order chi connectivity index (χ0) is 10.7. The molecule has 1 aromatic rings. The third kappa shape index (κ3) is 2.32. The second kappa shape index (κ2) is 4.39. The zero-order valence-electron chi connectivity index (χ0n) is 8.50. The Bertz CT molecular complexity index is 407. The highest BCUT2D eigenvalue weighted by Crippen LogP contribution is 2.22. The van der Waals surface area contributed by atoms with Gasteiger partial charge in [0.05, 0.1) is 0 Å². The number of benzene rings is 1. The van der Waals surface area contributed by atoms with Crippen molar-refractivity contribution in [3.8, 4) is 0 Å². The van der Waals surface area contributed by atoms with Gasteiger partial charge in [-0.2, -0.15) is 0 Å². The number of allylic oxidation sites excluding steroid dienone is 1. The van der Waals surface area contributed by atoms with Crippen molar-refractivity contribution < 1.29 is 9.18 Å². The molecular weight excluding hydrogens is 191 g/mol. The minimum absolute atomic E-state index is 0.171. The van der Waals surface area contributed by atoms with Gasteiger partial charge in [-0.3, -0.25) is 4.79 Å². The van der Waals surface area contributed by atoms with Gasteiger partial charge in [-0.25, -0.2) is 4.39 Å². The van der Waals surface area contributed by atoms with Gasteiger partial charge in [-0.1, -0.05) is 18.2 Å². The molecule has 2 heteroatoms. The predicted molar refractivity (Wildman–Crippen MR) is 57.9 cm³/mol. The molecule has 0 aliphatic heterocycles. The van der Waals surface area contributed by atoms with Crippen LogP contribution in [-0.2, 0) is 4.79 Å². The van der Waals surface area contributed by atoms with Gasteiger partial charge in [0, 0.05) is 12.0 Å². The summed E-state index contributed by atoms with van der Waals surface area (Å²) in [6.07, 6.45) is 5.09. The molecule has 1 fully saturated rings. The Morgan fingerprint density at radius 2 is 1.87 bits per heavy atom. The third-order valence-corrected chi connectivity index (χ3v) is 2.69. The minimum atomic E-state index is -0.261. The molecule has 1 aliphatic carbocycles. The molecule has 0 N–H and O–H groups in total. The summed E-state index contributed by atoms with van der Waals surface area (Å²) in [7, 11) is 0. The topological polar surface area (TPSA) is 17.1 Å². The summed E-state index contributed by atoms with van der Waals surface area (Å²) < 4.78 is 13.3. The lowest BCUT2D eigenvalue weighted by Crippen LogP contribution is -2.08. The first-order chi connectivity index (χ1) is 7.27. The van der Waals surface area contributed by atoms with Gasteiger partial charge < -0.3 is 0 Å². The van der Waals surface area contributed by atoms with Crippen LogP contribution < -0.4 is 0 Å². The molecule has 15 heavy (non-hydrogen) atoms. The van der Waals surface area contributed by atoms with Gasteiger partial charge in [0.1, 0.15) is 5.82 Å². The second-order valence-corrected chi connectivity index (χ2v) is 3.82. The maximum atomic E-state index is 13.3. The summed E-state index contributed by atoms with van der Waals surface area (Å²) in [5.74, 6) is -0.0899. The lowest BCUT2D eigenvalue weighted by atomic mass is 9.92. The van der Waals surface area contributed by atoms with Crippen LogP contribution in [0.15, 0.2) is 29.8 Å². The first-order valence-electron chi connectivity index (χ1n) is 5.25. The first kappa shape index (κ1) is 10.1. The van der Waals surface area contributed by atoms with Crippen molar-refractivity contribution >= 4 is 11.9 Å². The van der Waals surface area contributed by atoms with Crippen LogP contribution in [0.5, 0.6) is 0 Å². The Labute approximate surface area is 88.6 Å². The molecule has 0 saturated heterocycles. The normalized spacial score (nSPS) is 19.5. The van der Waals surface area contributed by atoms with Crippen molar-refractivity contribution in [1.82, 2.24) is 0 Å². The van der Waals surface area contributed by atoms with Gasteiger partial charge in [0.2, 0.25) is 0 Å². The molecule has 1 nitrogen and oxygen atoms in total. The van der Waals surface area contributed by atoms with Crippen LogP contribution in [0.4, 0.5) is 4.39 Å². The number of carbonyl (C=O) groups excluding carboxylic acids is 1. The van der Waals surface area contributed by atoms with E-state index < -0.39 is 0 Å². The number of hydrogen-bond donors (Lipinski definition) is 0. The lowest BCUT2D eigenvalue weighted by molar-refractivity contribution is -0.116. The molecule has 0 aromatic heterocycles. The summed E-state index contributed by atoms with van der Waals surface area (Å²) >= 11 is 0. The van der Waals surface area contributed by atoms with E-state index in [0.717, 1.165) is 24.8 Å². The summed E-state index contributed by atoms with van der Waals surface area (Å²) in [6, 6.07) is 6.55. The summed E-state index contributed by atoms with van der Waals surface area (Å²) in [6.45, 7) is 0. The van der Waals surface area contributed by atoms with Crippen LogP contribution in [0.3, 0.4) is 0 Å². The van der Waals surface area contributed by atoms with Crippen LogP contribution in [0.2, 0.25) is 0 Å². The van der Waals surface area contributed by atoms with Crippen molar-refractivity contribution in [1.29, 1.82) is 0 Å². The molecule has 1 aromatic carbocycles. The quantitative estimate of drug-likeness (QED) is 0.641. The SMILES string of the molecule is O=C1CCCC/C1=C\c1ccccc1F. The molecule has 0 radical (unpaired) electrons. The largest absolute Gasteiger partial charge is 0.295 e. The average molecular weight is 204 g/mol. The molecule has 1 aliphatic rings. The average Bonchev–Trinajstić information content (AvgIpc) is 2.24. The van der Waals surface area contributed by atoms with E-state index in [1.807, 2.05) is 0 Å². The number of Topliss-reactive ketones (excluding diaryl/α,β-unsaturated/α-hetero) is 1. The molecule has 2 rings (SSSR count). The zero-order valence-corrected chi connectivity index (χ0v) is 8.50. The number of ketones is 1. The Balaban J connectivity index is 2.29. The fraction of sp³-hybridized carbons (Fsp3) is 0.308. The fourth-order valence-corrected chi connectivity index (χ4v) is 1.83. The molecule has 0 unspecified atom stereocenters. The predicted octanol–water partition coefficient (Wildman–Crippen LogP) is 3.35. The summed E-state index contributed by atoms with van der Waals surface area (Å²) in [5, 5.41) is 0. The van der Waals surface area contributed by atoms with E-state index in [1.54, 1.807) is 24.3 Å². The van der Waals surface area contributed by atoms with Crippen LogP contribution in [0.1, 0.15) is 31.2 Å². The van der Waals surface area contributed by atoms with Crippen molar-refractivity contribution in [2.45, 2.75) is 25.7 Å². The number of halogens is 1. The molecule has 0 amide bonds. The molecule has 78 valence electrons. The van der Waals surface area contributed by atoms with E-state index in [2.05, 4.69) is 0 Å². The number of hydrogen-bond acceptors (Lipinski definition) is 1. The molecular formula is C13H13FO. The summed E-state index contributed by atoms with van der Waals surface area (Å²) in [4.78, 5) is 11.5. The monoisotopic (exact) mass is 204 g/mol. The van der Waals surface area contributed by atoms with Gasteiger partial charge in [0.25, 0.3) is 0 Å². The van der Waals surface area contributed by atoms with Crippen LogP contribution >= 0.6 is 0 Å². The van der Waals surface area contributed by atoms with Gasteiger partial charge >= 0.3 is 0 Å². The second-order valence-electron chi connectivity index (χ2n) is 3.82. The summed E-state index contributed by atoms with van der Waals surface area (Å²) in [5.41, 5.74) is 1.29. The van der Waals surface area contributed by atoms with Crippen molar-refractivity contribution in [2.75, 3.05) is 0 Å². The van der Waals surface area contributed by atoms with E-state index >= 15 is 0 Å². The highest BCUT2D eigenvalue weighted by Gasteiger charge is 2.14. The molecule has 0 spiro atoms. The number of rotatable bonds is 1. The highest BCUT2D eigenvalue weighted by atomic mass is 19.1. The Morgan fingerprint density at radius 1 is 1.13 bits per heavy atom. The van der Waals surface area contributed by atoms with Crippen molar-refractivity contribution in [2.24, 2.45) is 0 Å². The van der Waals surface area contributed by atoms with Crippen LogP contribution in [-0.4, -0.2) is 5.78 Å². The van der Waals surface area contributed by atoms with E-state index in [0.29, 0.717) is 12.0 Å². The van der Waals surface area contributed by atoms with Crippen molar-refractivity contribution in [3.05, 3.63) is 41.2 Å². The smallest absolute Gasteiger partial charge is 0.158 e. The molecule has 0 atom stereocenters. The maximum Gasteiger partial charge on any atom is 0.158 e. The Hall–Kier alpha value is -1.44. The van der Waals surface area contributed by atoms with Crippen molar-refractivity contribution in [3.63, 3.8) is 0 Å². The fourth-order valence-electron chi connectivity index (χ4n) is 1.83. The van der Waals surface area contributed by atoms with Crippen LogP contribution in [0, 0.1) is 5.82 Å². The van der Waals surface area contributed by atoms with Gasteiger partial charge in [-0.15, -0.1) is 0 Å². The molecule has 0 bridgehead atoms. The number of carbonyl (C=O) groups is 1. The molecule has 1 saturated carbocycles. The Morgan fingerprint density at radius 3 is 2.60 bits per heavy atom. The standard InChI is InChI=1S/C13H13FO/c14-12-7-3-1-5-10(12)9-11-6-2-4-8-13(11)15/h1,3,5,7,9H,2,4,6,8H2/b11-9+. The van der Waals surface area contributed by atoms with Gasteiger partial charge in [-0.05, 0) is 37.0 Å². The third-order valence-electron chi connectivity index (χ3n) is 2.69. The van der Waals surface area contributed by atoms with E-state index in [1.165, 1.54) is 6.07 Å². The lowest BCUT2D eigenvalue weighted by Gasteiger charge is -2.12. The highest BCUT2D eigenvalue weighted by molar-refractivity contribution is 6.00. The minimum Gasteiger partial charge on any atom is -0.295 e. The molecule has 0 heterocycles. The maximum absolute atomic E-state index is 13.3.